The zero-order valence-corrected chi connectivity index (χ0v) is 12.3. The van der Waals surface area contributed by atoms with Crippen LogP contribution in [0.15, 0.2) is 0 Å². The molecule has 0 aliphatic heterocycles. The number of thiazole rings is 1. The van der Waals surface area contributed by atoms with Gasteiger partial charge in [-0.2, -0.15) is 0 Å². The van der Waals surface area contributed by atoms with Gasteiger partial charge < -0.3 is 10.6 Å². The van der Waals surface area contributed by atoms with Gasteiger partial charge in [0.1, 0.15) is 0 Å². The highest BCUT2D eigenvalue weighted by Gasteiger charge is 2.12. The van der Waals surface area contributed by atoms with Crippen molar-refractivity contribution in [1.29, 1.82) is 0 Å². The quantitative estimate of drug-likeness (QED) is 0.814. The summed E-state index contributed by atoms with van der Waals surface area (Å²) in [6.45, 7) is 8.38. The summed E-state index contributed by atoms with van der Waals surface area (Å²) in [5.74, 6) is 0.738. The minimum absolute atomic E-state index is 0.616. The van der Waals surface area contributed by atoms with Gasteiger partial charge in [0.15, 0.2) is 5.13 Å². The fourth-order valence-corrected chi connectivity index (χ4v) is 2.64. The Kier molecular flexibility index (Phi) is 5.92. The molecule has 0 amide bonds. The van der Waals surface area contributed by atoms with Gasteiger partial charge >= 0.3 is 0 Å². The molecule has 1 aromatic heterocycles. The predicted molar refractivity (Wildman–Crippen MR) is 76.7 cm³/mol. The first-order valence-corrected chi connectivity index (χ1v) is 7.29. The van der Waals surface area contributed by atoms with Crippen molar-refractivity contribution >= 4 is 16.5 Å². The van der Waals surface area contributed by atoms with Crippen LogP contribution in [0.25, 0.3) is 0 Å². The third-order valence-corrected chi connectivity index (χ3v) is 4.04. The Labute approximate surface area is 109 Å². The number of nitrogens with zero attached hydrogens (tertiary/aromatic N) is 2. The maximum Gasteiger partial charge on any atom is 0.185 e. The number of hydrogen-bond acceptors (Lipinski definition) is 4. The van der Waals surface area contributed by atoms with E-state index in [1.165, 1.54) is 17.0 Å². The Hall–Kier alpha value is -0.610. The molecule has 0 aromatic carbocycles. The van der Waals surface area contributed by atoms with Crippen molar-refractivity contribution in [3.05, 3.63) is 10.6 Å². The van der Waals surface area contributed by atoms with E-state index in [0.717, 1.165) is 30.4 Å². The maximum absolute atomic E-state index is 5.77. The maximum atomic E-state index is 5.77. The SMILES string of the molecule is CCCc1nc(N(C)CCC(C)C)sc1CN. The van der Waals surface area contributed by atoms with Gasteiger partial charge in [-0.05, 0) is 18.8 Å². The number of anilines is 1. The van der Waals surface area contributed by atoms with E-state index in [1.807, 2.05) is 0 Å². The number of nitrogens with two attached hydrogens (primary N) is 1. The third kappa shape index (κ3) is 4.28. The first-order valence-electron chi connectivity index (χ1n) is 6.48. The lowest BCUT2D eigenvalue weighted by Gasteiger charge is -2.16. The molecule has 0 saturated carbocycles. The minimum Gasteiger partial charge on any atom is -0.351 e. The molecule has 1 rings (SSSR count). The summed E-state index contributed by atoms with van der Waals surface area (Å²) in [6.07, 6.45) is 3.38. The van der Waals surface area contributed by atoms with Crippen LogP contribution in [0.3, 0.4) is 0 Å². The lowest BCUT2D eigenvalue weighted by molar-refractivity contribution is 0.584. The molecule has 0 saturated heterocycles. The van der Waals surface area contributed by atoms with Gasteiger partial charge in [0, 0.05) is 25.0 Å². The molecule has 0 fully saturated rings. The average molecular weight is 255 g/mol. The average Bonchev–Trinajstić information content (AvgIpc) is 2.69. The number of rotatable bonds is 7. The smallest absolute Gasteiger partial charge is 0.185 e. The van der Waals surface area contributed by atoms with Gasteiger partial charge in [0.25, 0.3) is 0 Å². The topological polar surface area (TPSA) is 42.2 Å². The molecule has 0 aliphatic carbocycles. The number of hydrogen-bond donors (Lipinski definition) is 1. The van der Waals surface area contributed by atoms with Crippen LogP contribution in [0.1, 0.15) is 44.2 Å². The monoisotopic (exact) mass is 255 g/mol. The summed E-state index contributed by atoms with van der Waals surface area (Å²) in [7, 11) is 2.12. The molecule has 98 valence electrons. The molecule has 0 radical (unpaired) electrons. The summed E-state index contributed by atoms with van der Waals surface area (Å²) >= 11 is 1.75. The van der Waals surface area contributed by atoms with Crippen molar-refractivity contribution in [2.24, 2.45) is 11.7 Å². The summed E-state index contributed by atoms with van der Waals surface area (Å²) < 4.78 is 0. The van der Waals surface area contributed by atoms with E-state index in [2.05, 4.69) is 32.7 Å². The Bertz CT molecular complexity index is 333. The largest absolute Gasteiger partial charge is 0.351 e. The standard InChI is InChI=1S/C13H25N3S/c1-5-6-11-12(9-14)17-13(15-11)16(4)8-7-10(2)3/h10H,5-9,14H2,1-4H3. The molecule has 0 bridgehead atoms. The summed E-state index contributed by atoms with van der Waals surface area (Å²) in [5.41, 5.74) is 6.97. The Balaban J connectivity index is 2.69. The molecule has 0 atom stereocenters. The lowest BCUT2D eigenvalue weighted by atomic mass is 10.1. The van der Waals surface area contributed by atoms with Gasteiger partial charge in [-0.15, -0.1) is 11.3 Å². The van der Waals surface area contributed by atoms with Crippen molar-refractivity contribution in [3.8, 4) is 0 Å². The highest BCUT2D eigenvalue weighted by Crippen LogP contribution is 2.26. The Morgan fingerprint density at radius 3 is 2.65 bits per heavy atom. The van der Waals surface area contributed by atoms with E-state index in [4.69, 9.17) is 10.7 Å². The van der Waals surface area contributed by atoms with Gasteiger partial charge in [-0.25, -0.2) is 4.98 Å². The third-order valence-electron chi connectivity index (χ3n) is 2.81. The van der Waals surface area contributed by atoms with Crippen molar-refractivity contribution in [3.63, 3.8) is 0 Å². The first kappa shape index (κ1) is 14.5. The molecule has 0 spiro atoms. The molecular weight excluding hydrogens is 230 g/mol. The fourth-order valence-electron chi connectivity index (χ4n) is 1.67. The van der Waals surface area contributed by atoms with Crippen LogP contribution in [0.4, 0.5) is 5.13 Å². The normalized spacial score (nSPS) is 11.2. The van der Waals surface area contributed by atoms with Crippen LogP contribution in [-0.2, 0) is 13.0 Å². The molecule has 1 aromatic rings. The Morgan fingerprint density at radius 1 is 1.41 bits per heavy atom. The zero-order valence-electron chi connectivity index (χ0n) is 11.5. The molecule has 4 heteroatoms. The second kappa shape index (κ2) is 6.97. The van der Waals surface area contributed by atoms with Crippen LogP contribution in [-0.4, -0.2) is 18.6 Å². The predicted octanol–water partition coefficient (Wildman–Crippen LogP) is 3.04. The molecule has 17 heavy (non-hydrogen) atoms. The van der Waals surface area contributed by atoms with Gasteiger partial charge in [0.05, 0.1) is 5.69 Å². The number of aryl methyl sites for hydroxylation is 1. The van der Waals surface area contributed by atoms with Crippen LogP contribution < -0.4 is 10.6 Å². The summed E-state index contributed by atoms with van der Waals surface area (Å²) in [5, 5.41) is 1.12. The van der Waals surface area contributed by atoms with E-state index in [-0.39, 0.29) is 0 Å². The van der Waals surface area contributed by atoms with E-state index >= 15 is 0 Å². The van der Waals surface area contributed by atoms with Gasteiger partial charge in [-0.1, -0.05) is 27.2 Å². The summed E-state index contributed by atoms with van der Waals surface area (Å²) in [4.78, 5) is 8.21. The van der Waals surface area contributed by atoms with E-state index in [1.54, 1.807) is 11.3 Å². The summed E-state index contributed by atoms with van der Waals surface area (Å²) in [6, 6.07) is 0. The lowest BCUT2D eigenvalue weighted by Crippen LogP contribution is -2.19. The number of aromatic nitrogens is 1. The molecule has 1 heterocycles. The second-order valence-corrected chi connectivity index (χ2v) is 5.99. The molecule has 0 unspecified atom stereocenters. The minimum atomic E-state index is 0.616. The molecule has 0 aliphatic rings. The molecular formula is C13H25N3S. The first-order chi connectivity index (χ1) is 8.08. The van der Waals surface area contributed by atoms with Crippen molar-refractivity contribution in [2.75, 3.05) is 18.5 Å². The van der Waals surface area contributed by atoms with E-state index in [0.29, 0.717) is 6.54 Å². The van der Waals surface area contributed by atoms with E-state index < -0.39 is 0 Å². The highest BCUT2D eigenvalue weighted by molar-refractivity contribution is 7.15. The second-order valence-electron chi connectivity index (χ2n) is 4.92. The van der Waals surface area contributed by atoms with Gasteiger partial charge in [-0.3, -0.25) is 0 Å². The Morgan fingerprint density at radius 2 is 2.12 bits per heavy atom. The van der Waals surface area contributed by atoms with Crippen molar-refractivity contribution < 1.29 is 0 Å². The van der Waals surface area contributed by atoms with Crippen LogP contribution >= 0.6 is 11.3 Å². The zero-order chi connectivity index (χ0) is 12.8. The van der Waals surface area contributed by atoms with Crippen molar-refractivity contribution in [2.45, 2.75) is 46.6 Å². The van der Waals surface area contributed by atoms with Gasteiger partial charge in [0.2, 0.25) is 0 Å². The van der Waals surface area contributed by atoms with E-state index in [9.17, 15) is 0 Å². The van der Waals surface area contributed by atoms with Crippen LogP contribution in [0, 0.1) is 5.92 Å². The highest BCUT2D eigenvalue weighted by atomic mass is 32.1. The van der Waals surface area contributed by atoms with Crippen LogP contribution in [0.5, 0.6) is 0 Å². The van der Waals surface area contributed by atoms with Crippen molar-refractivity contribution in [1.82, 2.24) is 4.98 Å². The fraction of sp³-hybridized carbons (Fsp3) is 0.769. The molecule has 3 nitrogen and oxygen atoms in total. The molecule has 2 N–H and O–H groups in total. The van der Waals surface area contributed by atoms with Crippen LogP contribution in [0.2, 0.25) is 0 Å².